The van der Waals surface area contributed by atoms with Crippen molar-refractivity contribution in [2.45, 2.75) is 52.9 Å². The van der Waals surface area contributed by atoms with Gasteiger partial charge in [0, 0.05) is 11.5 Å². The summed E-state index contributed by atoms with van der Waals surface area (Å²) < 4.78 is 10.6. The molecule has 1 amide bonds. The Morgan fingerprint density at radius 3 is 2.35 bits per heavy atom. The summed E-state index contributed by atoms with van der Waals surface area (Å²) in [6.45, 7) is 6.37. The Morgan fingerprint density at radius 2 is 1.78 bits per heavy atom. The molecule has 1 N–H and O–H groups in total. The highest BCUT2D eigenvalue weighted by Crippen LogP contribution is 2.50. The summed E-state index contributed by atoms with van der Waals surface area (Å²) in [5.74, 6) is 1.37. The van der Waals surface area contributed by atoms with Crippen LogP contribution in [0.3, 0.4) is 0 Å². The molecule has 1 saturated carbocycles. The average molecular weight is 319 g/mol. The molecule has 0 spiro atoms. The Bertz CT molecular complexity index is 560. The third-order valence-corrected chi connectivity index (χ3v) is 5.69. The summed E-state index contributed by atoms with van der Waals surface area (Å²) in [5, 5.41) is 3.06. The minimum absolute atomic E-state index is 0.0367. The average Bonchev–Trinajstić information content (AvgIpc) is 2.55. The van der Waals surface area contributed by atoms with Gasteiger partial charge in [0.05, 0.1) is 19.9 Å². The van der Waals surface area contributed by atoms with Crippen molar-refractivity contribution in [3.63, 3.8) is 0 Å². The first-order chi connectivity index (χ1) is 10.8. The summed E-state index contributed by atoms with van der Waals surface area (Å²) in [7, 11) is 3.21. The summed E-state index contributed by atoms with van der Waals surface area (Å²) >= 11 is 0. The van der Waals surface area contributed by atoms with Crippen LogP contribution < -0.4 is 14.8 Å². The Kier molecular flexibility index (Phi) is 5.23. The predicted octanol–water partition coefficient (Wildman–Crippen LogP) is 4.64. The zero-order chi connectivity index (χ0) is 17.1. The van der Waals surface area contributed by atoms with E-state index in [1.807, 2.05) is 12.1 Å². The molecule has 0 heterocycles. The van der Waals surface area contributed by atoms with Gasteiger partial charge in [-0.1, -0.05) is 40.0 Å². The van der Waals surface area contributed by atoms with Gasteiger partial charge in [-0.15, -0.1) is 0 Å². The number of carbonyl (C=O) groups is 1. The van der Waals surface area contributed by atoms with E-state index in [9.17, 15) is 4.79 Å². The van der Waals surface area contributed by atoms with Gasteiger partial charge < -0.3 is 14.8 Å². The van der Waals surface area contributed by atoms with Crippen LogP contribution in [0.2, 0.25) is 0 Å². The molecule has 1 aromatic rings. The highest BCUT2D eigenvalue weighted by molar-refractivity contribution is 5.96. The zero-order valence-electron chi connectivity index (χ0n) is 15.0. The lowest BCUT2D eigenvalue weighted by atomic mass is 9.59. The number of carbonyl (C=O) groups excluding carboxylic acids is 1. The summed E-state index contributed by atoms with van der Waals surface area (Å²) in [6.07, 6.45) is 5.90. The number of anilines is 1. The Labute approximate surface area is 139 Å². The van der Waals surface area contributed by atoms with Crippen LogP contribution >= 0.6 is 0 Å². The molecule has 0 aliphatic heterocycles. The van der Waals surface area contributed by atoms with Crippen LogP contribution in [0.25, 0.3) is 0 Å². The molecule has 0 aromatic heterocycles. The van der Waals surface area contributed by atoms with Gasteiger partial charge in [-0.05, 0) is 30.4 Å². The summed E-state index contributed by atoms with van der Waals surface area (Å²) in [6, 6.07) is 5.44. The maximum absolute atomic E-state index is 13.0. The van der Waals surface area contributed by atoms with Gasteiger partial charge >= 0.3 is 0 Å². The number of methoxy groups -OCH3 is 2. The van der Waals surface area contributed by atoms with Crippen molar-refractivity contribution < 1.29 is 14.3 Å². The van der Waals surface area contributed by atoms with Crippen LogP contribution in [-0.2, 0) is 4.79 Å². The topological polar surface area (TPSA) is 47.6 Å². The number of ether oxygens (including phenoxy) is 2. The van der Waals surface area contributed by atoms with E-state index in [2.05, 4.69) is 26.1 Å². The lowest BCUT2D eigenvalue weighted by Crippen LogP contribution is -2.45. The molecule has 0 unspecified atom stereocenters. The Hall–Kier alpha value is -1.71. The normalized spacial score (nSPS) is 17.4. The van der Waals surface area contributed by atoms with Crippen molar-refractivity contribution in [3.05, 3.63) is 18.2 Å². The molecule has 1 aliphatic carbocycles. The van der Waals surface area contributed by atoms with E-state index in [0.29, 0.717) is 17.2 Å². The molecule has 1 fully saturated rings. The van der Waals surface area contributed by atoms with Crippen molar-refractivity contribution in [1.82, 2.24) is 0 Å². The molecule has 2 rings (SSSR count). The van der Waals surface area contributed by atoms with Crippen molar-refractivity contribution in [1.29, 1.82) is 0 Å². The molecule has 128 valence electrons. The minimum atomic E-state index is -0.432. The quantitative estimate of drug-likeness (QED) is 0.860. The van der Waals surface area contributed by atoms with Gasteiger partial charge in [0.2, 0.25) is 5.91 Å². The number of rotatable bonds is 5. The number of hydrogen-bond donors (Lipinski definition) is 1. The molecule has 4 heteroatoms. The van der Waals surface area contributed by atoms with Crippen LogP contribution in [-0.4, -0.2) is 20.1 Å². The van der Waals surface area contributed by atoms with Gasteiger partial charge in [0.25, 0.3) is 0 Å². The first-order valence-corrected chi connectivity index (χ1v) is 8.37. The van der Waals surface area contributed by atoms with Crippen molar-refractivity contribution in [2.75, 3.05) is 19.5 Å². The fraction of sp³-hybridized carbons (Fsp3) is 0.632. The van der Waals surface area contributed by atoms with E-state index < -0.39 is 5.41 Å². The molecule has 0 bridgehead atoms. The molecule has 4 nitrogen and oxygen atoms in total. The first kappa shape index (κ1) is 17.6. The van der Waals surface area contributed by atoms with Crippen molar-refractivity contribution in [3.8, 4) is 11.5 Å². The van der Waals surface area contributed by atoms with Gasteiger partial charge in [-0.2, -0.15) is 0 Å². The zero-order valence-corrected chi connectivity index (χ0v) is 15.0. The molecule has 1 aromatic carbocycles. The maximum Gasteiger partial charge on any atom is 0.230 e. The second kappa shape index (κ2) is 6.81. The van der Waals surface area contributed by atoms with Crippen LogP contribution in [0.15, 0.2) is 18.2 Å². The molecule has 23 heavy (non-hydrogen) atoms. The number of nitrogens with one attached hydrogen (secondary N) is 1. The fourth-order valence-electron chi connectivity index (χ4n) is 3.41. The van der Waals surface area contributed by atoms with Crippen LogP contribution in [0.5, 0.6) is 11.5 Å². The third-order valence-electron chi connectivity index (χ3n) is 5.69. The van der Waals surface area contributed by atoms with E-state index in [4.69, 9.17) is 9.47 Å². The predicted molar refractivity (Wildman–Crippen MR) is 93.1 cm³/mol. The molecular weight excluding hydrogens is 290 g/mol. The largest absolute Gasteiger partial charge is 0.497 e. The third kappa shape index (κ3) is 3.46. The minimum Gasteiger partial charge on any atom is -0.497 e. The maximum atomic E-state index is 13.0. The second-order valence-corrected chi connectivity index (χ2v) is 7.27. The highest BCUT2D eigenvalue weighted by Gasteiger charge is 2.46. The Balaban J connectivity index is 2.20. The molecule has 0 atom stereocenters. The van der Waals surface area contributed by atoms with E-state index in [1.54, 1.807) is 20.3 Å². The number of hydrogen-bond acceptors (Lipinski definition) is 3. The van der Waals surface area contributed by atoms with Gasteiger partial charge in [-0.3, -0.25) is 4.79 Å². The van der Waals surface area contributed by atoms with Crippen molar-refractivity contribution in [2.24, 2.45) is 10.8 Å². The highest BCUT2D eigenvalue weighted by atomic mass is 16.5. The van der Waals surface area contributed by atoms with Crippen LogP contribution in [0.4, 0.5) is 5.69 Å². The molecular formula is C19H29NO3. The van der Waals surface area contributed by atoms with E-state index in [1.165, 1.54) is 19.3 Å². The lowest BCUT2D eigenvalue weighted by molar-refractivity contribution is -0.132. The van der Waals surface area contributed by atoms with Gasteiger partial charge in [0.15, 0.2) is 0 Å². The fourth-order valence-corrected chi connectivity index (χ4v) is 3.41. The van der Waals surface area contributed by atoms with Gasteiger partial charge in [-0.25, -0.2) is 0 Å². The molecule has 0 radical (unpaired) electrons. The van der Waals surface area contributed by atoms with E-state index in [0.717, 1.165) is 12.8 Å². The monoisotopic (exact) mass is 319 g/mol. The number of benzene rings is 1. The smallest absolute Gasteiger partial charge is 0.230 e. The van der Waals surface area contributed by atoms with Gasteiger partial charge in [0.1, 0.15) is 11.5 Å². The van der Waals surface area contributed by atoms with Crippen molar-refractivity contribution >= 4 is 11.6 Å². The summed E-state index contributed by atoms with van der Waals surface area (Å²) in [4.78, 5) is 13.0. The Morgan fingerprint density at radius 1 is 1.13 bits per heavy atom. The van der Waals surface area contributed by atoms with E-state index >= 15 is 0 Å². The second-order valence-electron chi connectivity index (χ2n) is 7.27. The first-order valence-electron chi connectivity index (χ1n) is 8.37. The molecule has 1 aliphatic rings. The van der Waals surface area contributed by atoms with Crippen LogP contribution in [0.1, 0.15) is 52.9 Å². The van der Waals surface area contributed by atoms with Crippen LogP contribution in [0, 0.1) is 10.8 Å². The lowest BCUT2D eigenvalue weighted by Gasteiger charge is -2.45. The van der Waals surface area contributed by atoms with E-state index in [-0.39, 0.29) is 11.3 Å². The molecule has 0 saturated heterocycles. The number of amides is 1. The standard InChI is InChI=1S/C19H29NO3/c1-18(2,19(3)11-7-6-8-12-19)17(21)20-15-10-9-14(22-4)13-16(15)23-5/h9-10,13H,6-8,11-12H2,1-5H3,(H,20,21). The SMILES string of the molecule is COc1ccc(NC(=O)C(C)(C)C2(C)CCCCC2)c(OC)c1. The summed E-state index contributed by atoms with van der Waals surface area (Å²) in [5.41, 5.74) is 0.290.